The molecule has 1 radical (unpaired) electrons. The highest BCUT2D eigenvalue weighted by atomic mass is 15.8. The number of nitrogens with two attached hydrogens (primary N) is 1. The molecule has 6 rings (SSSR count). The molecule has 16 heteroatoms. The molecule has 6 aromatic rings. The van der Waals surface area contributed by atoms with Crippen LogP contribution in [0.15, 0.2) is 116 Å². The third kappa shape index (κ3) is 5.55. The molecule has 0 unspecified atom stereocenters. The van der Waals surface area contributed by atoms with Crippen LogP contribution in [-0.2, 0) is 0 Å². The van der Waals surface area contributed by atoms with Crippen molar-refractivity contribution >= 4 is 40.6 Å². The van der Waals surface area contributed by atoms with Gasteiger partial charge in [0.2, 0.25) is 5.82 Å². The smallest absolute Gasteiger partial charge is 0.278 e. The summed E-state index contributed by atoms with van der Waals surface area (Å²) >= 11 is 0. The van der Waals surface area contributed by atoms with Crippen molar-refractivity contribution in [2.24, 2.45) is 5.84 Å². The lowest BCUT2D eigenvalue weighted by Crippen LogP contribution is -2.50. The second kappa shape index (κ2) is 12.3. The average Bonchev–Trinajstić information content (AvgIpc) is 3.07. The molecule has 0 fully saturated rings. The van der Waals surface area contributed by atoms with Gasteiger partial charge in [0.05, 0.1) is 35.4 Å². The molecule has 16 nitrogen and oxygen atoms in total. The summed E-state index contributed by atoms with van der Waals surface area (Å²) in [4.78, 5) is 22.2. The monoisotopic (exact) mass is 558 g/mol. The van der Waals surface area contributed by atoms with Crippen LogP contribution in [0.3, 0.4) is 0 Å². The summed E-state index contributed by atoms with van der Waals surface area (Å²) in [6.45, 7) is 0. The minimum atomic E-state index is 0.217. The second-order valence-corrected chi connectivity index (χ2v) is 8.28. The number of pyridine rings is 1. The van der Waals surface area contributed by atoms with Crippen LogP contribution in [-0.4, -0.2) is 50.5 Å². The zero-order chi connectivity index (χ0) is 28.6. The molecular formula is C26H22N16+. The summed E-state index contributed by atoms with van der Waals surface area (Å²) in [5.74, 6) is 8.21. The molecule has 5 aromatic heterocycles. The fourth-order valence-corrected chi connectivity index (χ4v) is 3.84. The second-order valence-electron chi connectivity index (χ2n) is 8.28. The van der Waals surface area contributed by atoms with Crippen LogP contribution in [0, 0.1) is 0 Å². The predicted molar refractivity (Wildman–Crippen MR) is 153 cm³/mol. The molecule has 0 atom stereocenters. The number of nitrogens with one attached hydrogen (secondary N) is 1. The fourth-order valence-electron chi connectivity index (χ4n) is 3.84. The van der Waals surface area contributed by atoms with E-state index in [-0.39, 0.29) is 17.6 Å². The van der Waals surface area contributed by atoms with Crippen molar-refractivity contribution in [3.63, 3.8) is 0 Å². The van der Waals surface area contributed by atoms with Crippen molar-refractivity contribution in [1.29, 1.82) is 0 Å². The van der Waals surface area contributed by atoms with E-state index in [9.17, 15) is 0 Å². The SMILES string of the molecule is NN(c1cnccn1)[N+](c1ccnnn1)c1nnccc1N(c1ncccn1)N(Nc1ccccc1)c1ccccn1. The molecule has 0 aliphatic heterocycles. The molecule has 205 valence electrons. The van der Waals surface area contributed by atoms with Crippen LogP contribution in [0.5, 0.6) is 0 Å². The number of benzene rings is 1. The normalized spacial score (nSPS) is 10.7. The number of nitrogens with zero attached hydrogens (tertiary/aromatic N) is 14. The molecule has 0 aliphatic carbocycles. The first kappa shape index (κ1) is 26.0. The Morgan fingerprint density at radius 1 is 0.667 bits per heavy atom. The summed E-state index contributed by atoms with van der Waals surface area (Å²) in [6, 6.07) is 20.2. The molecule has 0 amide bonds. The highest BCUT2D eigenvalue weighted by molar-refractivity contribution is 5.76. The summed E-state index contributed by atoms with van der Waals surface area (Å²) in [7, 11) is 0. The number of hydrogen-bond donors (Lipinski definition) is 2. The number of hydrazine groups is 4. The van der Waals surface area contributed by atoms with Gasteiger partial charge in [-0.25, -0.2) is 19.9 Å². The predicted octanol–water partition coefficient (Wildman–Crippen LogP) is 2.62. The van der Waals surface area contributed by atoms with Gasteiger partial charge in [-0.3, -0.25) is 10.4 Å². The maximum Gasteiger partial charge on any atom is 0.358 e. The van der Waals surface area contributed by atoms with E-state index in [0.29, 0.717) is 17.3 Å². The van der Waals surface area contributed by atoms with E-state index in [1.807, 2.05) is 48.5 Å². The largest absolute Gasteiger partial charge is 0.358 e. The van der Waals surface area contributed by atoms with Crippen LogP contribution in [0.2, 0.25) is 0 Å². The highest BCUT2D eigenvalue weighted by Crippen LogP contribution is 2.37. The lowest BCUT2D eigenvalue weighted by atomic mass is 10.3. The highest BCUT2D eigenvalue weighted by Gasteiger charge is 2.41. The zero-order valence-corrected chi connectivity index (χ0v) is 21.8. The molecular weight excluding hydrogens is 536 g/mol. The minimum absolute atomic E-state index is 0.217. The Balaban J connectivity index is 1.57. The van der Waals surface area contributed by atoms with Gasteiger partial charge in [0.25, 0.3) is 5.95 Å². The van der Waals surface area contributed by atoms with Gasteiger partial charge in [0.15, 0.2) is 11.5 Å². The van der Waals surface area contributed by atoms with Crippen molar-refractivity contribution in [1.82, 2.24) is 55.5 Å². The van der Waals surface area contributed by atoms with Gasteiger partial charge in [-0.1, -0.05) is 39.6 Å². The third-order valence-corrected chi connectivity index (χ3v) is 5.63. The lowest BCUT2D eigenvalue weighted by Gasteiger charge is -2.35. The van der Waals surface area contributed by atoms with Crippen LogP contribution >= 0.6 is 0 Å². The van der Waals surface area contributed by atoms with Crippen LogP contribution in [0.4, 0.5) is 40.6 Å². The molecule has 5 heterocycles. The molecule has 0 saturated heterocycles. The fraction of sp³-hybridized carbons (Fsp3) is 0. The van der Waals surface area contributed by atoms with E-state index in [1.165, 1.54) is 41.1 Å². The van der Waals surface area contributed by atoms with Gasteiger partial charge in [0, 0.05) is 31.0 Å². The Morgan fingerprint density at radius 2 is 1.45 bits per heavy atom. The van der Waals surface area contributed by atoms with E-state index in [4.69, 9.17) is 5.84 Å². The lowest BCUT2D eigenvalue weighted by molar-refractivity contribution is 0.575. The zero-order valence-electron chi connectivity index (χ0n) is 21.8. The maximum absolute atomic E-state index is 6.63. The molecule has 42 heavy (non-hydrogen) atoms. The summed E-state index contributed by atoms with van der Waals surface area (Å²) < 4.78 is 0. The number of rotatable bonds is 10. The molecule has 0 aliphatic rings. The Kier molecular flexibility index (Phi) is 7.60. The van der Waals surface area contributed by atoms with E-state index in [2.05, 4.69) is 56.0 Å². The van der Waals surface area contributed by atoms with Crippen molar-refractivity contribution in [2.45, 2.75) is 0 Å². The van der Waals surface area contributed by atoms with E-state index in [1.54, 1.807) is 46.9 Å². The Hall–Kier alpha value is -6.26. The van der Waals surface area contributed by atoms with Crippen molar-refractivity contribution in [2.75, 3.05) is 20.7 Å². The van der Waals surface area contributed by atoms with Gasteiger partial charge in [-0.2, -0.15) is 21.1 Å². The Morgan fingerprint density at radius 3 is 2.19 bits per heavy atom. The van der Waals surface area contributed by atoms with Crippen molar-refractivity contribution in [3.8, 4) is 0 Å². The third-order valence-electron chi connectivity index (χ3n) is 5.63. The number of hydrogen-bond acceptors (Lipinski definition) is 16. The molecule has 0 bridgehead atoms. The topological polar surface area (TPSA) is 183 Å². The standard InChI is InChI=1S/C26H22N16/c27-41(24-19-28-17-18-30-24)40(23-11-16-34-38-35-23)25-21(10-15-33-36-25)39(26-31-13-6-14-32-26)42(22-9-4-5-12-29-22)37-20-7-2-1-3-8-20/h1-19,37H,27H2/q+1. The first-order valence-electron chi connectivity index (χ1n) is 12.5. The van der Waals surface area contributed by atoms with Gasteiger partial charge >= 0.3 is 11.6 Å². The first-order valence-corrected chi connectivity index (χ1v) is 12.5. The van der Waals surface area contributed by atoms with Gasteiger partial charge in [-0.15, -0.1) is 5.10 Å². The summed E-state index contributed by atoms with van der Waals surface area (Å²) in [5, 5.41) is 26.5. The van der Waals surface area contributed by atoms with Crippen LogP contribution in [0.25, 0.3) is 0 Å². The molecule has 0 saturated carbocycles. The molecule has 0 spiro atoms. The summed E-state index contributed by atoms with van der Waals surface area (Å²) in [6.07, 6.45) is 12.5. The number of anilines is 7. The average molecular weight is 559 g/mol. The van der Waals surface area contributed by atoms with Crippen molar-refractivity contribution < 1.29 is 0 Å². The van der Waals surface area contributed by atoms with Gasteiger partial charge < -0.3 is 0 Å². The van der Waals surface area contributed by atoms with Crippen LogP contribution < -0.4 is 31.5 Å². The molecule has 1 aromatic carbocycles. The van der Waals surface area contributed by atoms with Gasteiger partial charge in [-0.05, 0) is 41.6 Å². The number of para-hydroxylation sites is 1. The minimum Gasteiger partial charge on any atom is -0.278 e. The first-order chi connectivity index (χ1) is 20.8. The molecule has 3 N–H and O–H groups in total. The quantitative estimate of drug-likeness (QED) is 0.142. The van der Waals surface area contributed by atoms with E-state index in [0.717, 1.165) is 5.69 Å². The van der Waals surface area contributed by atoms with Crippen molar-refractivity contribution in [3.05, 3.63) is 116 Å². The van der Waals surface area contributed by atoms with Crippen LogP contribution in [0.1, 0.15) is 0 Å². The Labute approximate surface area is 239 Å². The maximum atomic E-state index is 6.63. The van der Waals surface area contributed by atoms with E-state index >= 15 is 0 Å². The Bertz CT molecular complexity index is 1680. The summed E-state index contributed by atoms with van der Waals surface area (Å²) in [5.41, 5.74) is 4.61. The van der Waals surface area contributed by atoms with E-state index < -0.39 is 0 Å². The van der Waals surface area contributed by atoms with Gasteiger partial charge in [0.1, 0.15) is 0 Å². The number of aromatic nitrogens is 10.